The number of hydrogen-bond acceptors (Lipinski definition) is 5. The Morgan fingerprint density at radius 3 is 2.55 bits per heavy atom. The van der Waals surface area contributed by atoms with Crippen LogP contribution in [0.2, 0.25) is 0 Å². The van der Waals surface area contributed by atoms with E-state index in [1.807, 2.05) is 13.0 Å². The molecule has 3 unspecified atom stereocenters. The standard InChI is InChI=1S/C21H30N7O2S/c1-13-10-14(2)12-27(11-13)20-24-17-16(18(29)26(5)21(30)25(17)4)28(20)8-9-31-19-22-7-6-15(3)23-19/h6-7,13-14,16H,8-12H2,1-5H3/q+1. The second kappa shape index (κ2) is 8.57. The van der Waals surface area contributed by atoms with Gasteiger partial charge in [0.1, 0.15) is 0 Å². The van der Waals surface area contributed by atoms with Crippen molar-refractivity contribution >= 4 is 35.5 Å². The molecule has 3 atom stereocenters. The van der Waals surface area contributed by atoms with Gasteiger partial charge >= 0.3 is 12.0 Å². The van der Waals surface area contributed by atoms with Crippen LogP contribution in [0.5, 0.6) is 0 Å². The molecule has 1 aromatic heterocycles. The average Bonchev–Trinajstić information content (AvgIpc) is 3.10. The van der Waals surface area contributed by atoms with Gasteiger partial charge in [0.15, 0.2) is 5.16 Å². The van der Waals surface area contributed by atoms with E-state index in [-0.39, 0.29) is 11.9 Å². The highest BCUT2D eigenvalue weighted by Crippen LogP contribution is 2.26. The molecule has 1 aromatic rings. The number of aryl methyl sites for hydroxylation is 1. The number of nitrogens with zero attached hydrogens (tertiary/aromatic N) is 7. The number of likely N-dealkylation sites (N-methyl/N-ethyl adjacent to an activating group) is 2. The van der Waals surface area contributed by atoms with Gasteiger partial charge in [-0.25, -0.2) is 19.7 Å². The van der Waals surface area contributed by atoms with Gasteiger partial charge in [0.25, 0.3) is 5.91 Å². The van der Waals surface area contributed by atoms with Gasteiger partial charge in [-0.2, -0.15) is 0 Å². The lowest BCUT2D eigenvalue weighted by atomic mass is 9.93. The molecule has 10 heteroatoms. The van der Waals surface area contributed by atoms with Gasteiger partial charge in [0.05, 0.1) is 19.6 Å². The number of imide groups is 1. The van der Waals surface area contributed by atoms with Gasteiger partial charge in [0.2, 0.25) is 11.9 Å². The molecule has 4 rings (SSSR count). The van der Waals surface area contributed by atoms with Gasteiger partial charge < -0.3 is 0 Å². The molecule has 3 aliphatic heterocycles. The fraction of sp³-hybridized carbons (Fsp3) is 0.619. The molecule has 2 saturated heterocycles. The smallest absolute Gasteiger partial charge is 0.270 e. The Balaban J connectivity index is 1.63. The molecule has 0 aliphatic carbocycles. The first-order valence-corrected chi connectivity index (χ1v) is 11.7. The molecular weight excluding hydrogens is 414 g/mol. The molecule has 3 amide bonds. The number of rotatable bonds is 4. The second-order valence-electron chi connectivity index (χ2n) is 8.78. The molecule has 31 heavy (non-hydrogen) atoms. The van der Waals surface area contributed by atoms with Crippen molar-refractivity contribution in [3.8, 4) is 0 Å². The number of carbonyl (C=O) groups excluding carboxylic acids is 2. The SMILES string of the molecule is Cc1ccnc(SCCN2C(=[N+]3CC(C)CC(C)C3)N=C3C2C(=O)N(C)C(=O)N3C)n1. The van der Waals surface area contributed by atoms with Crippen molar-refractivity contribution in [2.24, 2.45) is 16.8 Å². The fourth-order valence-corrected chi connectivity index (χ4v) is 5.44. The molecule has 4 heterocycles. The van der Waals surface area contributed by atoms with E-state index in [9.17, 15) is 9.59 Å². The van der Waals surface area contributed by atoms with Gasteiger partial charge in [0, 0.05) is 31.7 Å². The van der Waals surface area contributed by atoms with E-state index in [1.165, 1.54) is 23.3 Å². The predicted octanol–water partition coefficient (Wildman–Crippen LogP) is 1.53. The Hall–Kier alpha value is -2.49. The van der Waals surface area contributed by atoms with Crippen LogP contribution in [0, 0.1) is 18.8 Å². The average molecular weight is 445 g/mol. The van der Waals surface area contributed by atoms with E-state index in [2.05, 4.69) is 33.3 Å². The number of piperidine rings is 1. The molecular formula is C21H30N7O2S+. The van der Waals surface area contributed by atoms with Gasteiger partial charge in [-0.15, -0.1) is 0 Å². The number of fused-ring (bicyclic) bond motifs is 1. The maximum atomic E-state index is 13.1. The van der Waals surface area contributed by atoms with Crippen LogP contribution in [0.1, 0.15) is 26.0 Å². The Bertz CT molecular complexity index is 951. The predicted molar refractivity (Wildman–Crippen MR) is 119 cm³/mol. The Morgan fingerprint density at radius 1 is 1.16 bits per heavy atom. The van der Waals surface area contributed by atoms with Crippen LogP contribution in [-0.4, -0.2) is 98.5 Å². The van der Waals surface area contributed by atoms with Crippen molar-refractivity contribution in [3.63, 3.8) is 0 Å². The minimum Gasteiger partial charge on any atom is -0.270 e. The first-order chi connectivity index (χ1) is 14.8. The van der Waals surface area contributed by atoms with E-state index in [0.29, 0.717) is 30.0 Å². The Labute approximate surface area is 187 Å². The van der Waals surface area contributed by atoms with Crippen LogP contribution in [0.15, 0.2) is 22.4 Å². The largest absolute Gasteiger partial charge is 0.392 e. The van der Waals surface area contributed by atoms with Crippen LogP contribution in [0.3, 0.4) is 0 Å². The number of guanidine groups is 1. The second-order valence-corrected chi connectivity index (χ2v) is 9.85. The van der Waals surface area contributed by atoms with Crippen molar-refractivity contribution < 1.29 is 14.2 Å². The van der Waals surface area contributed by atoms with E-state index < -0.39 is 6.04 Å². The van der Waals surface area contributed by atoms with E-state index >= 15 is 0 Å². The highest BCUT2D eigenvalue weighted by atomic mass is 32.2. The number of thioether (sulfide) groups is 1. The van der Waals surface area contributed by atoms with E-state index in [0.717, 1.165) is 29.9 Å². The van der Waals surface area contributed by atoms with Gasteiger partial charge in [-0.05, 0) is 31.2 Å². The lowest BCUT2D eigenvalue weighted by molar-refractivity contribution is -0.557. The fourth-order valence-electron chi connectivity index (χ4n) is 4.62. The first-order valence-electron chi connectivity index (χ1n) is 10.7. The molecule has 2 fully saturated rings. The third-order valence-electron chi connectivity index (χ3n) is 6.00. The molecule has 0 spiro atoms. The Morgan fingerprint density at radius 2 is 1.87 bits per heavy atom. The summed E-state index contributed by atoms with van der Waals surface area (Å²) in [6, 6.07) is 0.955. The number of aromatic nitrogens is 2. The van der Waals surface area contributed by atoms with Crippen molar-refractivity contribution in [1.29, 1.82) is 0 Å². The molecule has 3 aliphatic rings. The number of carbonyl (C=O) groups is 2. The van der Waals surface area contributed by atoms with Crippen LogP contribution in [0.4, 0.5) is 4.79 Å². The summed E-state index contributed by atoms with van der Waals surface area (Å²) in [6.45, 7) is 8.85. The Kier molecular flexibility index (Phi) is 6.00. The van der Waals surface area contributed by atoms with Crippen LogP contribution in [0.25, 0.3) is 0 Å². The summed E-state index contributed by atoms with van der Waals surface area (Å²) in [5.74, 6) is 2.90. The van der Waals surface area contributed by atoms with Gasteiger partial charge in [-0.3, -0.25) is 19.2 Å². The number of amides is 3. The summed E-state index contributed by atoms with van der Waals surface area (Å²) < 4.78 is 2.28. The van der Waals surface area contributed by atoms with Crippen molar-refractivity contribution in [3.05, 3.63) is 18.0 Å². The zero-order valence-corrected chi connectivity index (χ0v) is 19.6. The lowest BCUT2D eigenvalue weighted by Crippen LogP contribution is -2.63. The summed E-state index contributed by atoms with van der Waals surface area (Å²) in [6.07, 6.45) is 2.94. The number of aliphatic imine (C=N–C) groups is 1. The zero-order chi connectivity index (χ0) is 22.3. The van der Waals surface area contributed by atoms with Crippen molar-refractivity contribution in [2.75, 3.05) is 39.5 Å². The molecule has 0 N–H and O–H groups in total. The maximum absolute atomic E-state index is 13.1. The molecule has 0 bridgehead atoms. The topological polar surface area (TPSA) is 85.0 Å². The third kappa shape index (κ3) is 4.17. The number of urea groups is 1. The highest BCUT2D eigenvalue weighted by Gasteiger charge is 2.55. The third-order valence-corrected chi connectivity index (χ3v) is 6.84. The molecule has 0 aromatic carbocycles. The van der Waals surface area contributed by atoms with Crippen LogP contribution in [-0.2, 0) is 4.79 Å². The van der Waals surface area contributed by atoms with Crippen molar-refractivity contribution in [2.45, 2.75) is 38.4 Å². The highest BCUT2D eigenvalue weighted by molar-refractivity contribution is 7.99. The van der Waals surface area contributed by atoms with Crippen LogP contribution >= 0.6 is 11.8 Å². The molecule has 0 radical (unpaired) electrons. The summed E-state index contributed by atoms with van der Waals surface area (Å²) in [5.41, 5.74) is 0.928. The summed E-state index contributed by atoms with van der Waals surface area (Å²) in [4.78, 5) is 44.0. The van der Waals surface area contributed by atoms with Crippen LogP contribution < -0.4 is 0 Å². The molecule has 166 valence electrons. The first kappa shape index (κ1) is 21.7. The summed E-state index contributed by atoms with van der Waals surface area (Å²) >= 11 is 1.56. The normalized spacial score (nSPS) is 26.5. The summed E-state index contributed by atoms with van der Waals surface area (Å²) in [5, 5.41) is 0.724. The minimum absolute atomic E-state index is 0.230. The summed E-state index contributed by atoms with van der Waals surface area (Å²) in [7, 11) is 3.23. The van der Waals surface area contributed by atoms with Gasteiger partial charge in [-0.1, -0.05) is 30.6 Å². The lowest BCUT2D eigenvalue weighted by Gasteiger charge is -2.33. The minimum atomic E-state index is -0.575. The van der Waals surface area contributed by atoms with E-state index in [1.54, 1.807) is 25.0 Å². The molecule has 9 nitrogen and oxygen atoms in total. The zero-order valence-electron chi connectivity index (χ0n) is 18.8. The quantitative estimate of drug-likeness (QED) is 0.398. The van der Waals surface area contributed by atoms with Crippen molar-refractivity contribution in [1.82, 2.24) is 24.7 Å². The number of amidine groups is 1. The maximum Gasteiger partial charge on any atom is 0.392 e. The monoisotopic (exact) mass is 444 g/mol. The van der Waals surface area contributed by atoms with E-state index in [4.69, 9.17) is 4.99 Å². The molecule has 0 saturated carbocycles. The number of hydrogen-bond donors (Lipinski definition) is 0.